The lowest BCUT2D eigenvalue weighted by atomic mass is 9.96. The largest absolute Gasteiger partial charge is 0.477 e. The molecule has 0 radical (unpaired) electrons. The highest BCUT2D eigenvalue weighted by Gasteiger charge is 2.32. The Labute approximate surface area is 214 Å². The maximum absolute atomic E-state index is 14.2. The molecule has 1 aromatic carbocycles. The maximum atomic E-state index is 14.2. The molecule has 1 amide bonds. The summed E-state index contributed by atoms with van der Waals surface area (Å²) in [5.74, 6) is -1.56. The number of piperidine rings is 1. The number of nitrogens with zero attached hydrogens (tertiary/aromatic N) is 3. The maximum Gasteiger partial charge on any atom is 0.281 e. The van der Waals surface area contributed by atoms with E-state index in [1.54, 1.807) is 0 Å². The lowest BCUT2D eigenvalue weighted by Crippen LogP contribution is -2.43. The molecule has 12 heteroatoms. The first-order valence-corrected chi connectivity index (χ1v) is 12.5. The number of hydrogen-bond acceptors (Lipinski definition) is 6. The number of halogens is 5. The third-order valence-corrected chi connectivity index (χ3v) is 7.29. The number of amides is 1. The number of hydrogen-bond donors (Lipinski definition) is 1. The van der Waals surface area contributed by atoms with Gasteiger partial charge < -0.3 is 10.1 Å². The van der Waals surface area contributed by atoms with Gasteiger partial charge in [-0.05, 0) is 50.0 Å². The first-order valence-electron chi connectivity index (χ1n) is 11.3. The average Bonchev–Trinajstić information content (AvgIpc) is 3.34. The number of thiazole rings is 1. The lowest BCUT2D eigenvalue weighted by molar-refractivity contribution is 0.0867. The van der Waals surface area contributed by atoms with Crippen LogP contribution in [0, 0.1) is 17.6 Å². The predicted molar refractivity (Wildman–Crippen MR) is 128 cm³/mol. The molecule has 0 spiro atoms. The summed E-state index contributed by atoms with van der Waals surface area (Å²) < 4.78 is 60.4. The average molecular weight is 543 g/mol. The van der Waals surface area contributed by atoms with E-state index in [9.17, 15) is 22.4 Å². The lowest BCUT2D eigenvalue weighted by Gasteiger charge is -2.37. The van der Waals surface area contributed by atoms with Gasteiger partial charge in [-0.1, -0.05) is 17.7 Å². The van der Waals surface area contributed by atoms with Crippen LogP contribution >= 0.6 is 22.9 Å². The Balaban J connectivity index is 1.43. The number of aromatic nitrogens is 2. The summed E-state index contributed by atoms with van der Waals surface area (Å²) in [6, 6.07) is 5.79. The molecule has 2 aromatic heterocycles. The van der Waals surface area contributed by atoms with E-state index < -0.39 is 30.0 Å². The van der Waals surface area contributed by atoms with Crippen LogP contribution in [0.25, 0.3) is 0 Å². The van der Waals surface area contributed by atoms with Gasteiger partial charge in [0, 0.05) is 18.8 Å². The number of carbonyl (C=O) groups is 1. The molecule has 4 rings (SSSR count). The fraction of sp³-hybridized carbons (Fsp3) is 0.375. The minimum Gasteiger partial charge on any atom is -0.477 e. The van der Waals surface area contributed by atoms with E-state index in [0.717, 1.165) is 17.4 Å². The van der Waals surface area contributed by atoms with Crippen LogP contribution in [0.15, 0.2) is 42.0 Å². The summed E-state index contributed by atoms with van der Waals surface area (Å²) in [7, 11) is 0. The number of rotatable bonds is 9. The Morgan fingerprint density at radius 2 is 2.00 bits per heavy atom. The molecule has 0 aliphatic carbocycles. The Morgan fingerprint density at radius 1 is 1.22 bits per heavy atom. The second-order valence-electron chi connectivity index (χ2n) is 8.33. The van der Waals surface area contributed by atoms with Gasteiger partial charge in [0.25, 0.3) is 12.3 Å². The van der Waals surface area contributed by atoms with Crippen molar-refractivity contribution in [2.75, 3.05) is 26.2 Å². The van der Waals surface area contributed by atoms with Gasteiger partial charge in [0.15, 0.2) is 0 Å². The molecule has 1 N–H and O–H groups in total. The Kier molecular flexibility index (Phi) is 8.76. The molecular formula is C24H23ClF4N4O2S. The van der Waals surface area contributed by atoms with Crippen LogP contribution in [0.3, 0.4) is 0 Å². The van der Waals surface area contributed by atoms with Gasteiger partial charge in [-0.2, -0.15) is 0 Å². The zero-order valence-corrected chi connectivity index (χ0v) is 20.5. The number of likely N-dealkylation sites (tertiary alicyclic amines) is 1. The first-order chi connectivity index (χ1) is 17.3. The Morgan fingerprint density at radius 3 is 2.69 bits per heavy atom. The van der Waals surface area contributed by atoms with Crippen LogP contribution in [0.1, 0.15) is 46.2 Å². The molecular weight excluding hydrogens is 520 g/mol. The molecule has 1 aliphatic rings. The van der Waals surface area contributed by atoms with Crippen molar-refractivity contribution in [2.24, 2.45) is 5.92 Å². The second-order valence-corrected chi connectivity index (χ2v) is 9.62. The Hall–Kier alpha value is -2.76. The van der Waals surface area contributed by atoms with Gasteiger partial charge >= 0.3 is 0 Å². The quantitative estimate of drug-likeness (QED) is 0.353. The van der Waals surface area contributed by atoms with Crippen LogP contribution in [0.2, 0.25) is 5.02 Å². The minimum absolute atomic E-state index is 0.0280. The van der Waals surface area contributed by atoms with Crippen LogP contribution < -0.4 is 10.1 Å². The zero-order chi connectivity index (χ0) is 25.7. The normalized spacial score (nSPS) is 15.7. The fourth-order valence-electron chi connectivity index (χ4n) is 4.16. The highest BCUT2D eigenvalue weighted by atomic mass is 35.5. The molecule has 1 saturated heterocycles. The van der Waals surface area contributed by atoms with E-state index in [2.05, 4.69) is 15.3 Å². The van der Waals surface area contributed by atoms with Crippen molar-refractivity contribution in [2.45, 2.75) is 25.3 Å². The van der Waals surface area contributed by atoms with Crippen molar-refractivity contribution in [3.63, 3.8) is 0 Å². The molecule has 1 aliphatic heterocycles. The summed E-state index contributed by atoms with van der Waals surface area (Å²) in [6.07, 6.45) is -0.0464. The van der Waals surface area contributed by atoms with Crippen LogP contribution in [-0.4, -0.2) is 47.0 Å². The van der Waals surface area contributed by atoms with Gasteiger partial charge in [-0.3, -0.25) is 9.69 Å². The summed E-state index contributed by atoms with van der Waals surface area (Å²) in [5.41, 5.74) is 0.732. The van der Waals surface area contributed by atoms with E-state index in [1.165, 1.54) is 36.0 Å². The smallest absolute Gasteiger partial charge is 0.281 e. The molecule has 1 atom stereocenters. The van der Waals surface area contributed by atoms with Crippen LogP contribution in [-0.2, 0) is 0 Å². The third kappa shape index (κ3) is 6.32. The highest BCUT2D eigenvalue weighted by Crippen LogP contribution is 2.35. The van der Waals surface area contributed by atoms with Crippen LogP contribution in [0.5, 0.6) is 5.88 Å². The molecule has 36 heavy (non-hydrogen) atoms. The highest BCUT2D eigenvalue weighted by molar-refractivity contribution is 7.09. The molecule has 192 valence electrons. The van der Waals surface area contributed by atoms with E-state index in [0.29, 0.717) is 37.4 Å². The number of benzene rings is 1. The van der Waals surface area contributed by atoms with Gasteiger partial charge in [-0.15, -0.1) is 11.3 Å². The molecule has 0 bridgehead atoms. The van der Waals surface area contributed by atoms with E-state index in [1.807, 2.05) is 4.90 Å². The number of ether oxygens (including phenoxy) is 1. The standard InChI is InChI=1S/C24H23ClF4N4O2S/c25-16-2-1-3-17(27)20(16)24(34)31-11-18(22-21(23(28)29)32-13-36-22)33-8-5-14(6-9-33)12-35-19-10-15(26)4-7-30-19/h1-4,7,10,13-14,18,23H,5-6,8-9,11-12H2,(H,31,34). The van der Waals surface area contributed by atoms with Crippen molar-refractivity contribution in [3.05, 3.63) is 74.8 Å². The summed E-state index contributed by atoms with van der Waals surface area (Å²) >= 11 is 7.09. The number of carbonyl (C=O) groups excluding carboxylic acids is 1. The topological polar surface area (TPSA) is 67.4 Å². The number of pyridine rings is 1. The van der Waals surface area contributed by atoms with Crippen LogP contribution in [0.4, 0.5) is 17.6 Å². The predicted octanol–water partition coefficient (Wildman–Crippen LogP) is 5.67. The molecule has 1 fully saturated rings. The molecule has 1 unspecified atom stereocenters. The first kappa shape index (κ1) is 26.3. The summed E-state index contributed by atoms with van der Waals surface area (Å²) in [5, 5.41) is 2.62. The zero-order valence-electron chi connectivity index (χ0n) is 19.0. The molecule has 3 aromatic rings. The van der Waals surface area contributed by atoms with Gasteiger partial charge in [0.2, 0.25) is 5.88 Å². The SMILES string of the molecule is O=C(NCC(c1scnc1C(F)F)N1CCC(COc2cc(F)ccn2)CC1)c1c(F)cccc1Cl. The number of nitrogens with one attached hydrogen (secondary N) is 1. The van der Waals surface area contributed by atoms with Gasteiger partial charge in [0.1, 0.15) is 17.3 Å². The van der Waals surface area contributed by atoms with Gasteiger partial charge in [0.05, 0.1) is 33.6 Å². The van der Waals surface area contributed by atoms with Crippen molar-refractivity contribution in [1.29, 1.82) is 0 Å². The van der Waals surface area contributed by atoms with Crippen molar-refractivity contribution >= 4 is 28.8 Å². The number of alkyl halides is 2. The minimum atomic E-state index is -2.77. The molecule has 6 nitrogen and oxygen atoms in total. The monoisotopic (exact) mass is 542 g/mol. The van der Waals surface area contributed by atoms with E-state index in [4.69, 9.17) is 16.3 Å². The fourth-order valence-corrected chi connectivity index (χ4v) is 5.34. The summed E-state index contributed by atoms with van der Waals surface area (Å²) in [6.45, 7) is 1.42. The second kappa shape index (κ2) is 12.0. The summed E-state index contributed by atoms with van der Waals surface area (Å²) in [4.78, 5) is 22.8. The van der Waals surface area contributed by atoms with Gasteiger partial charge in [-0.25, -0.2) is 27.5 Å². The van der Waals surface area contributed by atoms with Crippen molar-refractivity contribution in [3.8, 4) is 5.88 Å². The molecule has 3 heterocycles. The van der Waals surface area contributed by atoms with E-state index >= 15 is 0 Å². The Bertz CT molecular complexity index is 1170. The van der Waals surface area contributed by atoms with Crippen molar-refractivity contribution < 1.29 is 27.1 Å². The third-order valence-electron chi connectivity index (χ3n) is 6.03. The van der Waals surface area contributed by atoms with E-state index in [-0.39, 0.29) is 34.6 Å². The van der Waals surface area contributed by atoms with Crippen molar-refractivity contribution in [1.82, 2.24) is 20.2 Å². The molecule has 0 saturated carbocycles.